The molecule has 1 atom stereocenters. The van der Waals surface area contributed by atoms with Crippen molar-refractivity contribution in [1.29, 1.82) is 0 Å². The van der Waals surface area contributed by atoms with Gasteiger partial charge in [0, 0.05) is 45.4 Å². The van der Waals surface area contributed by atoms with Crippen LogP contribution in [0.15, 0.2) is 0 Å². The maximum absolute atomic E-state index is 11.9. The Balaban J connectivity index is 1.67. The SMILES string of the molecule is CCOCCC(=O)N1CCN(C2CCNC2)CC1. The summed E-state index contributed by atoms with van der Waals surface area (Å²) in [5.74, 6) is 0.243. The molecule has 0 aliphatic carbocycles. The molecule has 2 saturated heterocycles. The van der Waals surface area contributed by atoms with Crippen molar-refractivity contribution in [3.8, 4) is 0 Å². The van der Waals surface area contributed by atoms with E-state index in [4.69, 9.17) is 4.74 Å². The molecular formula is C13H25N3O2. The van der Waals surface area contributed by atoms with E-state index in [1.54, 1.807) is 0 Å². The van der Waals surface area contributed by atoms with Gasteiger partial charge in [-0.05, 0) is 19.9 Å². The van der Waals surface area contributed by atoms with E-state index in [9.17, 15) is 4.79 Å². The monoisotopic (exact) mass is 255 g/mol. The highest BCUT2D eigenvalue weighted by Crippen LogP contribution is 2.12. The predicted octanol–water partition coefficient (Wildman–Crippen LogP) is -0.0809. The molecule has 0 aromatic carbocycles. The van der Waals surface area contributed by atoms with Crippen LogP contribution >= 0.6 is 0 Å². The maximum atomic E-state index is 11.9. The summed E-state index contributed by atoms with van der Waals surface area (Å²) in [6.45, 7) is 9.25. The molecule has 1 N–H and O–H groups in total. The van der Waals surface area contributed by atoms with Crippen LogP contribution in [0.3, 0.4) is 0 Å². The molecule has 2 aliphatic heterocycles. The molecule has 2 aliphatic rings. The maximum Gasteiger partial charge on any atom is 0.224 e. The van der Waals surface area contributed by atoms with Gasteiger partial charge in [0.2, 0.25) is 5.91 Å². The van der Waals surface area contributed by atoms with E-state index >= 15 is 0 Å². The fourth-order valence-electron chi connectivity index (χ4n) is 2.75. The summed E-state index contributed by atoms with van der Waals surface area (Å²) >= 11 is 0. The Morgan fingerprint density at radius 2 is 2.11 bits per heavy atom. The summed E-state index contributed by atoms with van der Waals surface area (Å²) in [5, 5.41) is 3.40. The number of carbonyl (C=O) groups is 1. The molecule has 104 valence electrons. The molecular weight excluding hydrogens is 230 g/mol. The Morgan fingerprint density at radius 1 is 1.33 bits per heavy atom. The third-order valence-electron chi connectivity index (χ3n) is 3.88. The first kappa shape index (κ1) is 13.8. The van der Waals surface area contributed by atoms with E-state index in [-0.39, 0.29) is 5.91 Å². The minimum absolute atomic E-state index is 0.243. The lowest BCUT2D eigenvalue weighted by atomic mass is 10.2. The molecule has 2 fully saturated rings. The summed E-state index contributed by atoms with van der Waals surface area (Å²) in [6, 6.07) is 0.686. The van der Waals surface area contributed by atoms with Gasteiger partial charge in [-0.2, -0.15) is 0 Å². The van der Waals surface area contributed by atoms with Gasteiger partial charge in [-0.25, -0.2) is 0 Å². The highest BCUT2D eigenvalue weighted by atomic mass is 16.5. The summed E-state index contributed by atoms with van der Waals surface area (Å²) in [5.41, 5.74) is 0. The normalized spacial score (nSPS) is 25.6. The molecule has 2 rings (SSSR count). The van der Waals surface area contributed by atoms with E-state index in [1.807, 2.05) is 11.8 Å². The predicted molar refractivity (Wildman–Crippen MR) is 70.5 cm³/mol. The van der Waals surface area contributed by atoms with Crippen molar-refractivity contribution in [2.45, 2.75) is 25.8 Å². The molecule has 18 heavy (non-hydrogen) atoms. The van der Waals surface area contributed by atoms with Gasteiger partial charge in [0.15, 0.2) is 0 Å². The zero-order chi connectivity index (χ0) is 12.8. The van der Waals surface area contributed by atoms with Gasteiger partial charge >= 0.3 is 0 Å². The van der Waals surface area contributed by atoms with Crippen molar-refractivity contribution in [2.75, 3.05) is 52.5 Å². The minimum Gasteiger partial charge on any atom is -0.381 e. The standard InChI is InChI=1S/C13H25N3O2/c1-2-18-10-4-13(17)16-8-6-15(7-9-16)12-3-5-14-11-12/h12,14H,2-11H2,1H3. The smallest absolute Gasteiger partial charge is 0.224 e. The van der Waals surface area contributed by atoms with E-state index < -0.39 is 0 Å². The van der Waals surface area contributed by atoms with Crippen molar-refractivity contribution in [2.24, 2.45) is 0 Å². The van der Waals surface area contributed by atoms with Crippen LogP contribution in [0.25, 0.3) is 0 Å². The van der Waals surface area contributed by atoms with E-state index in [0.29, 0.717) is 25.7 Å². The minimum atomic E-state index is 0.243. The van der Waals surface area contributed by atoms with Gasteiger partial charge in [-0.1, -0.05) is 0 Å². The number of rotatable bonds is 5. The number of carbonyl (C=O) groups excluding carboxylic acids is 1. The first-order valence-electron chi connectivity index (χ1n) is 7.11. The van der Waals surface area contributed by atoms with Crippen molar-refractivity contribution < 1.29 is 9.53 Å². The zero-order valence-electron chi connectivity index (χ0n) is 11.4. The van der Waals surface area contributed by atoms with Crippen molar-refractivity contribution in [3.05, 3.63) is 0 Å². The van der Waals surface area contributed by atoms with Crippen molar-refractivity contribution in [1.82, 2.24) is 15.1 Å². The average Bonchev–Trinajstić information content (AvgIpc) is 2.93. The second-order valence-corrected chi connectivity index (χ2v) is 5.01. The molecule has 0 aromatic heterocycles. The topological polar surface area (TPSA) is 44.8 Å². The lowest BCUT2D eigenvalue weighted by Crippen LogP contribution is -2.52. The highest BCUT2D eigenvalue weighted by Gasteiger charge is 2.27. The Labute approximate surface area is 109 Å². The van der Waals surface area contributed by atoms with Crippen molar-refractivity contribution >= 4 is 5.91 Å². The largest absolute Gasteiger partial charge is 0.381 e. The van der Waals surface area contributed by atoms with Gasteiger partial charge in [-0.15, -0.1) is 0 Å². The quantitative estimate of drug-likeness (QED) is 0.698. The summed E-state index contributed by atoms with van der Waals surface area (Å²) in [7, 11) is 0. The fraction of sp³-hybridized carbons (Fsp3) is 0.923. The van der Waals surface area contributed by atoms with Crippen LogP contribution in [0.1, 0.15) is 19.8 Å². The van der Waals surface area contributed by atoms with Crippen LogP contribution in [0.5, 0.6) is 0 Å². The molecule has 0 saturated carbocycles. The lowest BCUT2D eigenvalue weighted by molar-refractivity contribution is -0.134. The van der Waals surface area contributed by atoms with Crippen LogP contribution in [0.4, 0.5) is 0 Å². The molecule has 0 aromatic rings. The fourth-order valence-corrected chi connectivity index (χ4v) is 2.75. The third kappa shape index (κ3) is 3.67. The molecule has 0 bridgehead atoms. The number of amides is 1. The molecule has 0 radical (unpaired) electrons. The molecule has 1 amide bonds. The molecule has 2 heterocycles. The number of nitrogens with one attached hydrogen (secondary N) is 1. The van der Waals surface area contributed by atoms with E-state index in [2.05, 4.69) is 10.2 Å². The van der Waals surface area contributed by atoms with Crippen LogP contribution < -0.4 is 5.32 Å². The lowest BCUT2D eigenvalue weighted by Gasteiger charge is -2.37. The van der Waals surface area contributed by atoms with Crippen molar-refractivity contribution in [3.63, 3.8) is 0 Å². The summed E-state index contributed by atoms with van der Waals surface area (Å²) in [6.07, 6.45) is 1.77. The van der Waals surface area contributed by atoms with Gasteiger partial charge in [0.1, 0.15) is 0 Å². The second-order valence-electron chi connectivity index (χ2n) is 5.01. The first-order valence-corrected chi connectivity index (χ1v) is 7.11. The number of piperazine rings is 1. The van der Waals surface area contributed by atoms with Gasteiger partial charge in [0.05, 0.1) is 13.0 Å². The summed E-state index contributed by atoms with van der Waals surface area (Å²) < 4.78 is 5.23. The van der Waals surface area contributed by atoms with Crippen LogP contribution in [-0.2, 0) is 9.53 Å². The van der Waals surface area contributed by atoms with Crippen LogP contribution in [-0.4, -0.2) is 74.2 Å². The Kier molecular flexibility index (Phi) is 5.41. The average molecular weight is 255 g/mol. The molecule has 0 spiro atoms. The van der Waals surface area contributed by atoms with E-state index in [0.717, 1.165) is 39.3 Å². The van der Waals surface area contributed by atoms with Crippen LogP contribution in [0.2, 0.25) is 0 Å². The van der Waals surface area contributed by atoms with Gasteiger partial charge < -0.3 is 15.0 Å². The second kappa shape index (κ2) is 7.07. The number of ether oxygens (including phenoxy) is 1. The number of hydrogen-bond acceptors (Lipinski definition) is 4. The summed E-state index contributed by atoms with van der Waals surface area (Å²) in [4.78, 5) is 16.4. The highest BCUT2D eigenvalue weighted by molar-refractivity contribution is 5.76. The Morgan fingerprint density at radius 3 is 2.72 bits per heavy atom. The van der Waals surface area contributed by atoms with E-state index in [1.165, 1.54) is 6.42 Å². The first-order chi connectivity index (χ1) is 8.81. The number of hydrogen-bond donors (Lipinski definition) is 1. The molecule has 1 unspecified atom stereocenters. The Bertz CT molecular complexity index is 259. The molecule has 5 heteroatoms. The third-order valence-corrected chi connectivity index (χ3v) is 3.88. The van der Waals surface area contributed by atoms with Gasteiger partial charge in [-0.3, -0.25) is 9.69 Å². The van der Waals surface area contributed by atoms with Crippen LogP contribution in [0, 0.1) is 0 Å². The van der Waals surface area contributed by atoms with Gasteiger partial charge in [0.25, 0.3) is 0 Å². The Hall–Kier alpha value is -0.650. The molecule has 5 nitrogen and oxygen atoms in total. The zero-order valence-corrected chi connectivity index (χ0v) is 11.4. The number of nitrogens with zero attached hydrogens (tertiary/aromatic N) is 2.